The summed E-state index contributed by atoms with van der Waals surface area (Å²) in [7, 11) is 0. The van der Waals surface area contributed by atoms with E-state index in [1.165, 1.54) is 6.42 Å². The zero-order valence-corrected chi connectivity index (χ0v) is 13.8. The van der Waals surface area contributed by atoms with Gasteiger partial charge in [-0.05, 0) is 37.7 Å². The Morgan fingerprint density at radius 1 is 1.22 bits per heavy atom. The Labute approximate surface area is 138 Å². The van der Waals surface area contributed by atoms with Crippen LogP contribution in [0.5, 0.6) is 0 Å². The van der Waals surface area contributed by atoms with E-state index in [4.69, 9.17) is 5.73 Å². The Balaban J connectivity index is 1.66. The van der Waals surface area contributed by atoms with E-state index >= 15 is 0 Å². The first-order valence-corrected chi connectivity index (χ1v) is 8.93. The monoisotopic (exact) mass is 316 g/mol. The normalized spacial score (nSPS) is 25.3. The number of aliphatic hydroxyl groups excluding tert-OH is 1. The molecular formula is C19H28N2O2. The fraction of sp³-hybridized carbons (Fsp3) is 0.632. The molecule has 1 saturated heterocycles. The van der Waals surface area contributed by atoms with Crippen molar-refractivity contribution < 1.29 is 9.90 Å². The Bertz CT molecular complexity index is 525. The Hall–Kier alpha value is -1.39. The van der Waals surface area contributed by atoms with Gasteiger partial charge in [0.25, 0.3) is 0 Å². The largest absolute Gasteiger partial charge is 0.388 e. The first-order valence-electron chi connectivity index (χ1n) is 8.93. The van der Waals surface area contributed by atoms with Crippen LogP contribution in [-0.2, 0) is 4.79 Å². The standard InChI is InChI=1S/C19H28N2O2/c20-19(11-5-2-6-12-19)18(23)21-13-7-10-16(21)14-17(22)15-8-3-1-4-9-15/h1,3-4,8-9,16-17,22H,2,5-7,10-14,20H2. The minimum atomic E-state index is -0.668. The lowest BCUT2D eigenvalue weighted by Crippen LogP contribution is -2.57. The predicted octanol–water partition coefficient (Wildman–Crippen LogP) is 2.76. The number of aliphatic hydroxyl groups is 1. The maximum absolute atomic E-state index is 13.0. The summed E-state index contributed by atoms with van der Waals surface area (Å²) in [5.41, 5.74) is 6.69. The summed E-state index contributed by atoms with van der Waals surface area (Å²) in [6.07, 6.45) is 6.94. The molecule has 0 aromatic heterocycles. The average molecular weight is 316 g/mol. The highest BCUT2D eigenvalue weighted by Crippen LogP contribution is 2.33. The molecule has 1 saturated carbocycles. The van der Waals surface area contributed by atoms with Gasteiger partial charge in [0.15, 0.2) is 0 Å². The number of carbonyl (C=O) groups excluding carboxylic acids is 1. The molecule has 23 heavy (non-hydrogen) atoms. The first kappa shape index (κ1) is 16.5. The third kappa shape index (κ3) is 3.59. The summed E-state index contributed by atoms with van der Waals surface area (Å²) >= 11 is 0. The molecule has 2 atom stereocenters. The fourth-order valence-corrected chi connectivity index (χ4v) is 4.10. The highest BCUT2D eigenvalue weighted by Gasteiger charge is 2.42. The summed E-state index contributed by atoms with van der Waals surface area (Å²) in [5, 5.41) is 10.5. The molecular weight excluding hydrogens is 288 g/mol. The summed E-state index contributed by atoms with van der Waals surface area (Å²) in [5.74, 6) is 0.111. The van der Waals surface area contributed by atoms with Crippen LogP contribution < -0.4 is 5.73 Å². The van der Waals surface area contributed by atoms with Crippen LogP contribution in [0.4, 0.5) is 0 Å². The lowest BCUT2D eigenvalue weighted by Gasteiger charge is -2.38. The van der Waals surface area contributed by atoms with Crippen molar-refractivity contribution in [2.24, 2.45) is 5.73 Å². The maximum atomic E-state index is 13.0. The summed E-state index contributed by atoms with van der Waals surface area (Å²) in [6, 6.07) is 9.82. The van der Waals surface area contributed by atoms with Crippen LogP contribution in [-0.4, -0.2) is 34.0 Å². The number of carbonyl (C=O) groups is 1. The van der Waals surface area contributed by atoms with Gasteiger partial charge in [0.1, 0.15) is 0 Å². The van der Waals surface area contributed by atoms with Crippen molar-refractivity contribution in [2.45, 2.75) is 69.1 Å². The van der Waals surface area contributed by atoms with Gasteiger partial charge in [-0.15, -0.1) is 0 Å². The van der Waals surface area contributed by atoms with Gasteiger partial charge in [0, 0.05) is 12.6 Å². The molecule has 1 aromatic carbocycles. The van der Waals surface area contributed by atoms with Gasteiger partial charge in [0.05, 0.1) is 11.6 Å². The minimum absolute atomic E-state index is 0.111. The molecule has 0 bridgehead atoms. The lowest BCUT2D eigenvalue weighted by atomic mass is 9.81. The molecule has 3 rings (SSSR count). The smallest absolute Gasteiger partial charge is 0.242 e. The van der Waals surface area contributed by atoms with Crippen molar-refractivity contribution in [1.82, 2.24) is 4.90 Å². The molecule has 0 spiro atoms. The summed E-state index contributed by atoms with van der Waals surface area (Å²) in [6.45, 7) is 0.782. The zero-order chi connectivity index (χ0) is 16.3. The van der Waals surface area contributed by atoms with Crippen LogP contribution in [0.2, 0.25) is 0 Å². The van der Waals surface area contributed by atoms with Crippen molar-refractivity contribution in [3.8, 4) is 0 Å². The third-order valence-electron chi connectivity index (χ3n) is 5.49. The minimum Gasteiger partial charge on any atom is -0.388 e. The summed E-state index contributed by atoms with van der Waals surface area (Å²) in [4.78, 5) is 14.9. The molecule has 3 N–H and O–H groups in total. The fourth-order valence-electron chi connectivity index (χ4n) is 4.10. The second-order valence-corrected chi connectivity index (χ2v) is 7.17. The topological polar surface area (TPSA) is 66.6 Å². The number of hydrogen-bond donors (Lipinski definition) is 2. The SMILES string of the molecule is NC1(C(=O)N2CCCC2CC(O)c2ccccc2)CCCCC1. The van der Waals surface area contributed by atoms with E-state index in [1.54, 1.807) is 0 Å². The van der Waals surface area contributed by atoms with Crippen LogP contribution in [0.25, 0.3) is 0 Å². The molecule has 1 aromatic rings. The van der Waals surface area contributed by atoms with Crippen LogP contribution in [0.15, 0.2) is 30.3 Å². The van der Waals surface area contributed by atoms with Gasteiger partial charge < -0.3 is 15.7 Å². The zero-order valence-electron chi connectivity index (χ0n) is 13.8. The quantitative estimate of drug-likeness (QED) is 0.897. The third-order valence-corrected chi connectivity index (χ3v) is 5.49. The number of nitrogens with zero attached hydrogens (tertiary/aromatic N) is 1. The van der Waals surface area contributed by atoms with Gasteiger partial charge in [-0.2, -0.15) is 0 Å². The molecule has 2 aliphatic rings. The van der Waals surface area contributed by atoms with Crippen molar-refractivity contribution in [3.63, 3.8) is 0 Å². The molecule has 4 nitrogen and oxygen atoms in total. The van der Waals surface area contributed by atoms with E-state index in [-0.39, 0.29) is 11.9 Å². The Morgan fingerprint density at radius 2 is 1.91 bits per heavy atom. The van der Waals surface area contributed by atoms with E-state index in [1.807, 2.05) is 35.2 Å². The van der Waals surface area contributed by atoms with Crippen LogP contribution in [0.3, 0.4) is 0 Å². The van der Waals surface area contributed by atoms with Gasteiger partial charge in [-0.3, -0.25) is 4.79 Å². The van der Waals surface area contributed by atoms with Crippen molar-refractivity contribution in [2.75, 3.05) is 6.54 Å². The van der Waals surface area contributed by atoms with Crippen LogP contribution in [0.1, 0.15) is 63.0 Å². The first-order chi connectivity index (χ1) is 11.1. The Kier molecular flexibility index (Phi) is 5.02. The predicted molar refractivity (Wildman–Crippen MR) is 90.8 cm³/mol. The second kappa shape index (κ2) is 7.02. The number of nitrogens with two attached hydrogens (primary N) is 1. The van der Waals surface area contributed by atoms with Crippen molar-refractivity contribution in [3.05, 3.63) is 35.9 Å². The number of amides is 1. The van der Waals surface area contributed by atoms with Gasteiger partial charge in [-0.25, -0.2) is 0 Å². The molecule has 4 heteroatoms. The molecule has 2 fully saturated rings. The lowest BCUT2D eigenvalue weighted by molar-refractivity contribution is -0.139. The van der Waals surface area contributed by atoms with Crippen molar-refractivity contribution in [1.29, 1.82) is 0 Å². The number of likely N-dealkylation sites (tertiary alicyclic amines) is 1. The molecule has 1 aliphatic carbocycles. The van der Waals surface area contributed by atoms with Gasteiger partial charge >= 0.3 is 0 Å². The average Bonchev–Trinajstić information content (AvgIpc) is 3.03. The number of hydrogen-bond acceptors (Lipinski definition) is 3. The van der Waals surface area contributed by atoms with E-state index in [0.717, 1.165) is 50.6 Å². The molecule has 126 valence electrons. The van der Waals surface area contributed by atoms with Crippen LogP contribution in [0, 0.1) is 0 Å². The molecule has 1 heterocycles. The number of benzene rings is 1. The molecule has 1 amide bonds. The van der Waals surface area contributed by atoms with E-state index < -0.39 is 11.6 Å². The van der Waals surface area contributed by atoms with Crippen molar-refractivity contribution >= 4 is 5.91 Å². The van der Waals surface area contributed by atoms with E-state index in [2.05, 4.69) is 0 Å². The molecule has 0 radical (unpaired) electrons. The maximum Gasteiger partial charge on any atom is 0.242 e. The van der Waals surface area contributed by atoms with Crippen LogP contribution >= 0.6 is 0 Å². The van der Waals surface area contributed by atoms with E-state index in [0.29, 0.717) is 6.42 Å². The Morgan fingerprint density at radius 3 is 2.61 bits per heavy atom. The highest BCUT2D eigenvalue weighted by atomic mass is 16.3. The number of rotatable bonds is 4. The molecule has 1 aliphatic heterocycles. The van der Waals surface area contributed by atoms with Gasteiger partial charge in [-0.1, -0.05) is 49.6 Å². The highest BCUT2D eigenvalue weighted by molar-refractivity contribution is 5.86. The van der Waals surface area contributed by atoms with E-state index in [9.17, 15) is 9.90 Å². The molecule has 2 unspecified atom stereocenters. The second-order valence-electron chi connectivity index (χ2n) is 7.17. The summed E-state index contributed by atoms with van der Waals surface area (Å²) < 4.78 is 0. The van der Waals surface area contributed by atoms with Gasteiger partial charge in [0.2, 0.25) is 5.91 Å².